The number of aryl methyl sites for hydroxylation is 2. The molecule has 7 heteroatoms. The van der Waals surface area contributed by atoms with E-state index in [1.54, 1.807) is 81.1 Å². The molecule has 0 spiro atoms. The van der Waals surface area contributed by atoms with Crippen LogP contribution in [0.15, 0.2) is 89.9 Å². The molecule has 0 fully saturated rings. The van der Waals surface area contributed by atoms with Crippen LogP contribution in [0.2, 0.25) is 0 Å². The minimum absolute atomic E-state index is 0.193. The molecule has 0 radical (unpaired) electrons. The van der Waals surface area contributed by atoms with Crippen LogP contribution in [0.3, 0.4) is 0 Å². The maximum atomic E-state index is 12.9. The van der Waals surface area contributed by atoms with Crippen molar-refractivity contribution in [3.05, 3.63) is 113 Å². The molecule has 0 heterocycles. The molecule has 0 unspecified atom stereocenters. The summed E-state index contributed by atoms with van der Waals surface area (Å²) in [5, 5.41) is 0. The van der Waals surface area contributed by atoms with E-state index in [4.69, 9.17) is 18.9 Å². The third-order valence-electron chi connectivity index (χ3n) is 5.89. The number of carbonyl (C=O) groups excluding carboxylic acids is 2. The highest BCUT2D eigenvalue weighted by molar-refractivity contribution is 5.94. The molecule has 0 saturated carbocycles. The van der Waals surface area contributed by atoms with Crippen LogP contribution in [0.25, 0.3) is 0 Å². The molecular formula is C31H27NO6. The number of carbonyl (C=O) groups is 2. The number of esters is 2. The van der Waals surface area contributed by atoms with Crippen molar-refractivity contribution in [2.75, 3.05) is 14.2 Å². The second-order valence-electron chi connectivity index (χ2n) is 8.46. The summed E-state index contributed by atoms with van der Waals surface area (Å²) in [6.45, 7) is 4.05. The molecule has 4 aromatic rings. The van der Waals surface area contributed by atoms with Crippen molar-refractivity contribution in [3.63, 3.8) is 0 Å². The molecule has 0 atom stereocenters. The second-order valence-corrected chi connectivity index (χ2v) is 8.46. The minimum Gasteiger partial charge on any atom is -0.497 e. The van der Waals surface area contributed by atoms with E-state index in [0.29, 0.717) is 28.2 Å². The van der Waals surface area contributed by atoms with Gasteiger partial charge in [0.1, 0.15) is 23.0 Å². The number of methoxy groups -OCH3 is 2. The number of ether oxygens (including phenoxy) is 4. The second kappa shape index (κ2) is 11.9. The maximum Gasteiger partial charge on any atom is 0.343 e. The van der Waals surface area contributed by atoms with E-state index in [-0.39, 0.29) is 11.5 Å². The molecule has 0 bridgehead atoms. The Morgan fingerprint density at radius 3 is 1.74 bits per heavy atom. The van der Waals surface area contributed by atoms with Gasteiger partial charge < -0.3 is 18.9 Å². The first-order valence-electron chi connectivity index (χ1n) is 11.8. The molecule has 4 aromatic carbocycles. The Bertz CT molecular complexity index is 1470. The van der Waals surface area contributed by atoms with Crippen LogP contribution in [0, 0.1) is 13.8 Å². The first-order chi connectivity index (χ1) is 18.4. The number of benzene rings is 4. The summed E-state index contributed by atoms with van der Waals surface area (Å²) in [6.07, 6.45) is 1.61. The largest absolute Gasteiger partial charge is 0.497 e. The van der Waals surface area contributed by atoms with E-state index < -0.39 is 11.9 Å². The van der Waals surface area contributed by atoms with Crippen LogP contribution in [0.5, 0.6) is 23.0 Å². The molecule has 0 N–H and O–H groups in total. The maximum absolute atomic E-state index is 12.9. The van der Waals surface area contributed by atoms with Gasteiger partial charge in [-0.25, -0.2) is 9.59 Å². The first-order valence-corrected chi connectivity index (χ1v) is 11.8. The third kappa shape index (κ3) is 6.44. The molecule has 0 aliphatic heterocycles. The average Bonchev–Trinajstić information content (AvgIpc) is 2.94. The highest BCUT2D eigenvalue weighted by Gasteiger charge is 2.15. The lowest BCUT2D eigenvalue weighted by Gasteiger charge is -2.11. The van der Waals surface area contributed by atoms with Gasteiger partial charge in [0.2, 0.25) is 0 Å². The van der Waals surface area contributed by atoms with E-state index in [9.17, 15) is 9.59 Å². The van der Waals surface area contributed by atoms with Gasteiger partial charge in [-0.05, 0) is 97.8 Å². The van der Waals surface area contributed by atoms with E-state index in [1.165, 1.54) is 11.6 Å². The summed E-state index contributed by atoms with van der Waals surface area (Å²) in [4.78, 5) is 30.1. The standard InChI is InChI=1S/C31H27NO6/c1-20-5-11-25(17-21(20)2)32-19-24-10-16-28(37-30(33)22-6-12-26(35-3)13-7-22)18-29(24)38-31(34)23-8-14-27(36-4)15-9-23/h5-19H,1-4H3. The number of aliphatic imine (C=N–C) groups is 1. The normalized spacial score (nSPS) is 10.7. The summed E-state index contributed by atoms with van der Waals surface area (Å²) in [6, 6.07) is 23.8. The van der Waals surface area contributed by atoms with Gasteiger partial charge in [-0.15, -0.1) is 0 Å². The van der Waals surface area contributed by atoms with Crippen molar-refractivity contribution in [1.29, 1.82) is 0 Å². The number of hydrogen-bond acceptors (Lipinski definition) is 7. The van der Waals surface area contributed by atoms with Crippen molar-refractivity contribution >= 4 is 23.8 Å². The fraction of sp³-hybridized carbons (Fsp3) is 0.129. The molecule has 4 rings (SSSR count). The van der Waals surface area contributed by atoms with E-state index >= 15 is 0 Å². The van der Waals surface area contributed by atoms with Crippen LogP contribution in [-0.2, 0) is 0 Å². The number of hydrogen-bond donors (Lipinski definition) is 0. The van der Waals surface area contributed by atoms with Gasteiger partial charge in [-0.2, -0.15) is 0 Å². The lowest BCUT2D eigenvalue weighted by atomic mass is 10.1. The zero-order valence-corrected chi connectivity index (χ0v) is 21.6. The van der Waals surface area contributed by atoms with Gasteiger partial charge in [0, 0.05) is 17.8 Å². The van der Waals surface area contributed by atoms with Gasteiger partial charge in [0.25, 0.3) is 0 Å². The summed E-state index contributed by atoms with van der Waals surface area (Å²) < 4.78 is 21.5. The van der Waals surface area contributed by atoms with E-state index in [2.05, 4.69) is 4.99 Å². The minimum atomic E-state index is -0.577. The monoisotopic (exact) mass is 509 g/mol. The molecule has 0 aliphatic rings. The average molecular weight is 510 g/mol. The summed E-state index contributed by atoms with van der Waals surface area (Å²) in [5.74, 6) is 0.519. The van der Waals surface area contributed by atoms with Crippen LogP contribution in [0.4, 0.5) is 5.69 Å². The molecule has 0 aliphatic carbocycles. The van der Waals surface area contributed by atoms with Crippen molar-refractivity contribution in [2.45, 2.75) is 13.8 Å². The fourth-order valence-electron chi connectivity index (χ4n) is 3.50. The first kappa shape index (κ1) is 26.2. The Morgan fingerprint density at radius 2 is 1.18 bits per heavy atom. The van der Waals surface area contributed by atoms with Gasteiger partial charge in [0.05, 0.1) is 31.0 Å². The lowest BCUT2D eigenvalue weighted by Crippen LogP contribution is -2.11. The van der Waals surface area contributed by atoms with E-state index in [1.807, 2.05) is 32.0 Å². The Morgan fingerprint density at radius 1 is 0.632 bits per heavy atom. The third-order valence-corrected chi connectivity index (χ3v) is 5.89. The number of nitrogens with zero attached hydrogens (tertiary/aromatic N) is 1. The molecular weight excluding hydrogens is 482 g/mol. The fourth-order valence-corrected chi connectivity index (χ4v) is 3.50. The molecule has 7 nitrogen and oxygen atoms in total. The molecule has 0 aromatic heterocycles. The van der Waals surface area contributed by atoms with Gasteiger partial charge in [-0.3, -0.25) is 4.99 Å². The summed E-state index contributed by atoms with van der Waals surface area (Å²) in [5.41, 5.74) is 4.27. The van der Waals surface area contributed by atoms with Crippen LogP contribution >= 0.6 is 0 Å². The zero-order chi connectivity index (χ0) is 27.1. The van der Waals surface area contributed by atoms with Gasteiger partial charge in [0.15, 0.2) is 0 Å². The Balaban J connectivity index is 1.62. The predicted octanol–water partition coefficient (Wildman–Crippen LogP) is 6.51. The Kier molecular flexibility index (Phi) is 8.18. The van der Waals surface area contributed by atoms with Crippen molar-refractivity contribution in [2.24, 2.45) is 4.99 Å². The molecule has 0 saturated heterocycles. The zero-order valence-electron chi connectivity index (χ0n) is 21.6. The predicted molar refractivity (Wildman–Crippen MR) is 146 cm³/mol. The van der Waals surface area contributed by atoms with Crippen molar-refractivity contribution in [1.82, 2.24) is 0 Å². The molecule has 38 heavy (non-hydrogen) atoms. The molecule has 0 amide bonds. The Labute approximate surface area is 221 Å². The van der Waals surface area contributed by atoms with Crippen LogP contribution in [0.1, 0.15) is 37.4 Å². The van der Waals surface area contributed by atoms with Gasteiger partial charge in [-0.1, -0.05) is 6.07 Å². The lowest BCUT2D eigenvalue weighted by molar-refractivity contribution is 0.0732. The van der Waals surface area contributed by atoms with Crippen LogP contribution in [-0.4, -0.2) is 32.4 Å². The topological polar surface area (TPSA) is 83.4 Å². The van der Waals surface area contributed by atoms with Gasteiger partial charge >= 0.3 is 11.9 Å². The smallest absolute Gasteiger partial charge is 0.343 e. The summed E-state index contributed by atoms with van der Waals surface area (Å²) in [7, 11) is 3.10. The Hall–Kier alpha value is -4.91. The SMILES string of the molecule is COc1ccc(C(=O)Oc2ccc(C=Nc3ccc(C)c(C)c3)c(OC(=O)c3ccc(OC)cc3)c2)cc1. The molecule has 192 valence electrons. The quantitative estimate of drug-likeness (QED) is 0.153. The summed E-state index contributed by atoms with van der Waals surface area (Å²) >= 11 is 0. The highest BCUT2D eigenvalue weighted by atomic mass is 16.5. The highest BCUT2D eigenvalue weighted by Crippen LogP contribution is 2.27. The van der Waals surface area contributed by atoms with Crippen molar-refractivity contribution < 1.29 is 28.5 Å². The van der Waals surface area contributed by atoms with Crippen LogP contribution < -0.4 is 18.9 Å². The van der Waals surface area contributed by atoms with Crippen molar-refractivity contribution in [3.8, 4) is 23.0 Å². The van der Waals surface area contributed by atoms with E-state index in [0.717, 1.165) is 11.3 Å². The number of rotatable bonds is 8.